The molecule has 2 aliphatic rings. The molecule has 13 nitrogen and oxygen atoms in total. The van der Waals surface area contributed by atoms with E-state index in [9.17, 15) is 24.7 Å². The number of hydrogen-bond donors (Lipinski definition) is 5. The van der Waals surface area contributed by atoms with Gasteiger partial charge in [0.15, 0.2) is 21.0 Å². The van der Waals surface area contributed by atoms with Crippen LogP contribution in [0.1, 0.15) is 11.5 Å². The number of halogens is 1. The lowest BCUT2D eigenvalue weighted by Gasteiger charge is -2.49. The average Bonchev–Trinajstić information content (AvgIpc) is 3.42. The molecule has 7 N–H and O–H groups in total. The number of aliphatic carboxylic acids is 1. The number of nitrogens with one attached hydrogen (secondary N) is 1. The Morgan fingerprint density at radius 1 is 1.36 bits per heavy atom. The lowest BCUT2D eigenvalue weighted by atomic mass is 10.0. The highest BCUT2D eigenvalue weighted by Crippen LogP contribution is 2.45. The minimum atomic E-state index is -1.27. The Bertz CT molecular complexity index is 1270. The maximum Gasteiger partial charge on any atom is 0.353 e. The Hall–Kier alpha value is -2.09. The molecule has 0 unspecified atom stereocenters. The molecule has 0 saturated carbocycles. The second-order valence-corrected chi connectivity index (χ2v) is 12.9. The Balaban J connectivity index is 1.47. The van der Waals surface area contributed by atoms with E-state index in [0.29, 0.717) is 27.4 Å². The summed E-state index contributed by atoms with van der Waals surface area (Å²) in [5.41, 5.74) is 10.3. The minimum Gasteiger partial charge on any atom is -0.477 e. The highest BCUT2D eigenvalue weighted by atomic mass is 35.5. The molecule has 19 heteroatoms. The van der Waals surface area contributed by atoms with Crippen LogP contribution in [0.5, 0.6) is 0 Å². The van der Waals surface area contributed by atoms with Crippen LogP contribution in [0.15, 0.2) is 20.1 Å². The first kappa shape index (κ1) is 27.0. The summed E-state index contributed by atoms with van der Waals surface area (Å²) in [7, 11) is 0. The lowest BCUT2D eigenvalue weighted by molar-refractivity contribution is -0.150. The maximum absolute atomic E-state index is 12.9. The van der Waals surface area contributed by atoms with E-state index in [2.05, 4.69) is 24.8 Å². The number of fused-ring (bicyclic) bond motifs is 1. The summed E-state index contributed by atoms with van der Waals surface area (Å²) in [5.74, 6) is -0.512. The number of anilines is 1. The van der Waals surface area contributed by atoms with Crippen LogP contribution >= 0.6 is 69.8 Å². The van der Waals surface area contributed by atoms with Crippen molar-refractivity contribution >= 4 is 98.4 Å². The summed E-state index contributed by atoms with van der Waals surface area (Å²) in [6.45, 7) is 0.552. The fourth-order valence-electron chi connectivity index (χ4n) is 3.23. The first-order valence-corrected chi connectivity index (χ1v) is 14.9. The fourth-order valence-corrected chi connectivity index (χ4v) is 8.14. The van der Waals surface area contributed by atoms with E-state index in [1.807, 2.05) is 0 Å². The maximum atomic E-state index is 12.9. The van der Waals surface area contributed by atoms with Crippen LogP contribution in [0.3, 0.4) is 0 Å². The van der Waals surface area contributed by atoms with Gasteiger partial charge in [-0.1, -0.05) is 39.9 Å². The van der Waals surface area contributed by atoms with Crippen molar-refractivity contribution in [2.45, 2.75) is 21.5 Å². The van der Waals surface area contributed by atoms with Crippen molar-refractivity contribution in [2.24, 2.45) is 10.9 Å². The van der Waals surface area contributed by atoms with Gasteiger partial charge in [0.05, 0.1) is 5.75 Å². The molecule has 0 bridgehead atoms. The standard InChI is InChI=1S/C17H17ClN8O5S5/c18-11-7(23-16(20)35-11)8(24-31)12(27)22-9-13(28)26-10(15(29)30)5(3-33-14(9)26)34-17-21-6(25-36-17)4-32-2-1-19/h9,14,31H,1-4,19H2,(H2,20,23)(H,22,27)(H,29,30)/b24-8-/t9-,14+/m1/s1. The number of amides is 2. The van der Waals surface area contributed by atoms with Crippen molar-refractivity contribution < 1.29 is 24.7 Å². The van der Waals surface area contributed by atoms with Crippen molar-refractivity contribution in [3.8, 4) is 0 Å². The number of oxime groups is 1. The van der Waals surface area contributed by atoms with E-state index in [1.54, 1.807) is 11.8 Å². The summed E-state index contributed by atoms with van der Waals surface area (Å²) < 4.78 is 4.88. The Kier molecular flexibility index (Phi) is 8.63. The summed E-state index contributed by atoms with van der Waals surface area (Å²) >= 11 is 12.1. The van der Waals surface area contributed by atoms with Gasteiger partial charge in [0.25, 0.3) is 11.8 Å². The zero-order valence-corrected chi connectivity index (χ0v) is 22.8. The number of nitrogen functional groups attached to an aromatic ring is 1. The van der Waals surface area contributed by atoms with Gasteiger partial charge in [-0.3, -0.25) is 14.5 Å². The predicted octanol–water partition coefficient (Wildman–Crippen LogP) is 1.09. The average molecular weight is 609 g/mol. The molecule has 0 aliphatic carbocycles. The number of carboxylic acids is 1. The van der Waals surface area contributed by atoms with E-state index in [1.165, 1.54) is 11.8 Å². The van der Waals surface area contributed by atoms with Gasteiger partial charge in [0.1, 0.15) is 27.1 Å². The molecule has 2 amide bonds. The molecule has 36 heavy (non-hydrogen) atoms. The lowest BCUT2D eigenvalue weighted by Crippen LogP contribution is -2.71. The van der Waals surface area contributed by atoms with E-state index in [4.69, 9.17) is 23.1 Å². The Labute approximate surface area is 229 Å². The van der Waals surface area contributed by atoms with E-state index in [-0.39, 0.29) is 26.6 Å². The molecule has 192 valence electrons. The van der Waals surface area contributed by atoms with E-state index in [0.717, 1.165) is 45.3 Å². The number of carboxylic acid groups (broad SMARTS) is 1. The highest BCUT2D eigenvalue weighted by Gasteiger charge is 2.54. The molecule has 4 heterocycles. The van der Waals surface area contributed by atoms with Crippen LogP contribution in [0.4, 0.5) is 5.13 Å². The molecule has 2 aromatic heterocycles. The second kappa shape index (κ2) is 11.5. The molecule has 4 rings (SSSR count). The van der Waals surface area contributed by atoms with Crippen LogP contribution < -0.4 is 16.8 Å². The normalized spacial score (nSPS) is 19.8. The summed E-state index contributed by atoms with van der Waals surface area (Å²) in [5, 5.41) is 24.0. The number of hydrogen-bond acceptors (Lipinski definition) is 15. The summed E-state index contributed by atoms with van der Waals surface area (Å²) in [6, 6.07) is -1.04. The molecule has 0 spiro atoms. The predicted molar refractivity (Wildman–Crippen MR) is 141 cm³/mol. The number of rotatable bonds is 10. The van der Waals surface area contributed by atoms with Crippen molar-refractivity contribution in [3.05, 3.63) is 26.5 Å². The number of β-lactam (4-membered cyclic amide) rings is 1. The first-order valence-electron chi connectivity index (χ1n) is 9.89. The number of carbonyl (C=O) groups excluding carboxylic acids is 2. The van der Waals surface area contributed by atoms with Gasteiger partial charge in [0, 0.05) is 23.0 Å². The van der Waals surface area contributed by atoms with Crippen LogP contribution in [0.2, 0.25) is 4.34 Å². The molecule has 2 aromatic rings. The van der Waals surface area contributed by atoms with Gasteiger partial charge in [-0.2, -0.15) is 16.1 Å². The molecule has 1 saturated heterocycles. The highest BCUT2D eigenvalue weighted by molar-refractivity contribution is 8.07. The number of thiazole rings is 1. The van der Waals surface area contributed by atoms with Gasteiger partial charge < -0.3 is 27.1 Å². The van der Waals surface area contributed by atoms with Crippen molar-refractivity contribution in [1.29, 1.82) is 0 Å². The van der Waals surface area contributed by atoms with Gasteiger partial charge in [-0.05, 0) is 11.5 Å². The van der Waals surface area contributed by atoms with Gasteiger partial charge >= 0.3 is 5.97 Å². The van der Waals surface area contributed by atoms with Crippen molar-refractivity contribution in [3.63, 3.8) is 0 Å². The smallest absolute Gasteiger partial charge is 0.353 e. The van der Waals surface area contributed by atoms with Crippen LogP contribution in [0.25, 0.3) is 0 Å². The molecule has 0 radical (unpaired) electrons. The van der Waals surface area contributed by atoms with E-state index < -0.39 is 34.9 Å². The Morgan fingerprint density at radius 3 is 2.78 bits per heavy atom. The van der Waals surface area contributed by atoms with Crippen LogP contribution in [-0.2, 0) is 20.1 Å². The Morgan fingerprint density at radius 2 is 2.14 bits per heavy atom. The third-order valence-corrected chi connectivity index (χ3v) is 10.1. The number of thioether (sulfide) groups is 3. The zero-order chi connectivity index (χ0) is 26.0. The van der Waals surface area contributed by atoms with Gasteiger partial charge in [0.2, 0.25) is 0 Å². The van der Waals surface area contributed by atoms with E-state index >= 15 is 0 Å². The number of nitrogens with two attached hydrogens (primary N) is 2. The molecular weight excluding hydrogens is 592 g/mol. The molecule has 2 atom stereocenters. The number of carbonyl (C=O) groups is 3. The number of nitrogens with zero attached hydrogens (tertiary/aromatic N) is 5. The zero-order valence-electron chi connectivity index (χ0n) is 17.9. The van der Waals surface area contributed by atoms with Crippen LogP contribution in [0, 0.1) is 0 Å². The fraction of sp³-hybridized carbons (Fsp3) is 0.353. The van der Waals surface area contributed by atoms with Crippen LogP contribution in [-0.4, -0.2) is 82.5 Å². The minimum absolute atomic E-state index is 0.0413. The quantitative estimate of drug-likeness (QED) is 0.0841. The first-order chi connectivity index (χ1) is 17.2. The van der Waals surface area contributed by atoms with Crippen molar-refractivity contribution in [1.82, 2.24) is 24.6 Å². The molecule has 2 aliphatic heterocycles. The third kappa shape index (κ3) is 5.43. The molecular formula is C17H17ClN8O5S5. The second-order valence-electron chi connectivity index (χ2n) is 6.98. The summed E-state index contributed by atoms with van der Waals surface area (Å²) in [4.78, 5) is 47.6. The van der Waals surface area contributed by atoms with Gasteiger partial charge in [-0.25, -0.2) is 14.8 Å². The molecule has 1 fully saturated rings. The third-order valence-electron chi connectivity index (χ3n) is 4.72. The monoisotopic (exact) mass is 608 g/mol. The summed E-state index contributed by atoms with van der Waals surface area (Å²) in [6.07, 6.45) is 0. The largest absolute Gasteiger partial charge is 0.477 e. The molecule has 0 aromatic carbocycles. The topological polar surface area (TPSA) is 210 Å². The SMILES string of the molecule is NCCSCc1nsc(SC2=C(C(=O)O)N3C(=O)[C@@H](NC(=O)/C(=N\O)c4nc(N)sc4Cl)[C@@H]3SC2)n1. The van der Waals surface area contributed by atoms with Gasteiger partial charge in [-0.15, -0.1) is 11.8 Å². The number of aromatic nitrogens is 3. The van der Waals surface area contributed by atoms with Crippen molar-refractivity contribution in [2.75, 3.05) is 23.8 Å².